The number of hydrogen-bond acceptors (Lipinski definition) is 1. The number of hydrogen-bond donors (Lipinski definition) is 1. The van der Waals surface area contributed by atoms with Crippen LogP contribution in [0.25, 0.3) is 0 Å². The van der Waals surface area contributed by atoms with Crippen LogP contribution in [-0.2, 0) is 0 Å². The molecule has 2 heteroatoms. The topological polar surface area (TPSA) is 12.0 Å². The van der Waals surface area contributed by atoms with Gasteiger partial charge in [-0.1, -0.05) is 20.8 Å². The van der Waals surface area contributed by atoms with Gasteiger partial charge in [0.1, 0.15) is 0 Å². The molecule has 0 aromatic carbocycles. The number of halogens is 1. The van der Waals surface area contributed by atoms with Gasteiger partial charge in [-0.15, -0.1) is 11.6 Å². The minimum absolute atomic E-state index is 0.537. The number of alkyl halides is 1. The number of nitrogens with one attached hydrogen (secondary N) is 1. The van der Waals surface area contributed by atoms with E-state index in [0.717, 1.165) is 18.3 Å². The lowest BCUT2D eigenvalue weighted by molar-refractivity contribution is 0.404. The van der Waals surface area contributed by atoms with E-state index in [0.29, 0.717) is 12.0 Å². The van der Waals surface area contributed by atoms with Gasteiger partial charge in [-0.2, -0.15) is 0 Å². The average molecular weight is 178 g/mol. The molecule has 0 aliphatic rings. The molecule has 0 amide bonds. The summed E-state index contributed by atoms with van der Waals surface area (Å²) in [7, 11) is 0. The molecule has 0 saturated heterocycles. The van der Waals surface area contributed by atoms with Crippen molar-refractivity contribution in [2.45, 2.75) is 33.7 Å². The highest BCUT2D eigenvalue weighted by Gasteiger charge is 2.09. The lowest BCUT2D eigenvalue weighted by atomic mass is 10.1. The van der Waals surface area contributed by atoms with Crippen LogP contribution in [-0.4, -0.2) is 18.5 Å². The van der Waals surface area contributed by atoms with Gasteiger partial charge in [0.2, 0.25) is 0 Å². The van der Waals surface area contributed by atoms with Gasteiger partial charge in [-0.05, 0) is 25.3 Å². The normalized spacial score (nSPS) is 16.9. The molecule has 0 fully saturated rings. The fourth-order valence-corrected chi connectivity index (χ4v) is 1.02. The third kappa shape index (κ3) is 5.51. The second kappa shape index (κ2) is 5.84. The standard InChI is InChI=1S/C9H20ClN/c1-7(2)6-11-9(4)8(3)5-10/h7-9,11H,5-6H2,1-4H3. The van der Waals surface area contributed by atoms with Crippen LogP contribution in [0.5, 0.6) is 0 Å². The average Bonchev–Trinajstić information content (AvgIpc) is 1.98. The summed E-state index contributed by atoms with van der Waals surface area (Å²) < 4.78 is 0. The maximum Gasteiger partial charge on any atom is 0.0263 e. The highest BCUT2D eigenvalue weighted by Crippen LogP contribution is 2.04. The minimum atomic E-state index is 0.537. The molecule has 1 nitrogen and oxygen atoms in total. The van der Waals surface area contributed by atoms with Crippen LogP contribution in [0, 0.1) is 11.8 Å². The van der Waals surface area contributed by atoms with Crippen molar-refractivity contribution in [2.24, 2.45) is 11.8 Å². The van der Waals surface area contributed by atoms with Crippen LogP contribution in [0.15, 0.2) is 0 Å². The van der Waals surface area contributed by atoms with Gasteiger partial charge in [-0.25, -0.2) is 0 Å². The molecule has 0 radical (unpaired) electrons. The van der Waals surface area contributed by atoms with Crippen molar-refractivity contribution in [3.63, 3.8) is 0 Å². The Morgan fingerprint density at radius 2 is 1.73 bits per heavy atom. The van der Waals surface area contributed by atoms with E-state index >= 15 is 0 Å². The minimum Gasteiger partial charge on any atom is -0.314 e. The summed E-state index contributed by atoms with van der Waals surface area (Å²) in [4.78, 5) is 0. The van der Waals surface area contributed by atoms with Crippen LogP contribution < -0.4 is 5.32 Å². The van der Waals surface area contributed by atoms with Crippen LogP contribution in [0.3, 0.4) is 0 Å². The van der Waals surface area contributed by atoms with E-state index in [1.807, 2.05) is 0 Å². The van der Waals surface area contributed by atoms with Gasteiger partial charge in [0.25, 0.3) is 0 Å². The Labute approximate surface area is 75.5 Å². The van der Waals surface area contributed by atoms with E-state index in [1.54, 1.807) is 0 Å². The van der Waals surface area contributed by atoms with Gasteiger partial charge in [0, 0.05) is 11.9 Å². The van der Waals surface area contributed by atoms with E-state index in [-0.39, 0.29) is 0 Å². The van der Waals surface area contributed by atoms with Crippen molar-refractivity contribution in [2.75, 3.05) is 12.4 Å². The Kier molecular flexibility index (Phi) is 5.98. The highest BCUT2D eigenvalue weighted by atomic mass is 35.5. The Bertz CT molecular complexity index is 93.6. The second-order valence-electron chi connectivity index (χ2n) is 3.72. The van der Waals surface area contributed by atoms with Crippen molar-refractivity contribution >= 4 is 11.6 Å². The fraction of sp³-hybridized carbons (Fsp3) is 1.00. The lowest BCUT2D eigenvalue weighted by Gasteiger charge is -2.20. The van der Waals surface area contributed by atoms with Gasteiger partial charge in [-0.3, -0.25) is 0 Å². The molecule has 0 aromatic heterocycles. The fourth-order valence-electron chi connectivity index (χ4n) is 0.756. The highest BCUT2D eigenvalue weighted by molar-refractivity contribution is 6.18. The first kappa shape index (κ1) is 11.2. The summed E-state index contributed by atoms with van der Waals surface area (Å²) in [6, 6.07) is 0.537. The summed E-state index contributed by atoms with van der Waals surface area (Å²) in [6.07, 6.45) is 0. The quantitative estimate of drug-likeness (QED) is 0.637. The number of rotatable bonds is 5. The van der Waals surface area contributed by atoms with E-state index in [2.05, 4.69) is 33.0 Å². The molecule has 0 aliphatic carbocycles. The van der Waals surface area contributed by atoms with Crippen LogP contribution in [0.1, 0.15) is 27.7 Å². The smallest absolute Gasteiger partial charge is 0.0263 e. The first-order valence-corrected chi connectivity index (χ1v) is 4.90. The maximum absolute atomic E-state index is 5.72. The van der Waals surface area contributed by atoms with E-state index < -0.39 is 0 Å². The van der Waals surface area contributed by atoms with Gasteiger partial charge in [0.15, 0.2) is 0 Å². The SMILES string of the molecule is CC(C)CNC(C)C(C)CCl. The first-order chi connectivity index (χ1) is 5.07. The third-order valence-electron chi connectivity index (χ3n) is 1.95. The van der Waals surface area contributed by atoms with Crippen molar-refractivity contribution in [1.29, 1.82) is 0 Å². The summed E-state index contributed by atoms with van der Waals surface area (Å²) in [5.41, 5.74) is 0. The molecule has 0 heterocycles. The molecule has 2 atom stereocenters. The molecular weight excluding hydrogens is 158 g/mol. The zero-order valence-corrected chi connectivity index (χ0v) is 8.78. The predicted octanol–water partition coefficient (Wildman–Crippen LogP) is 2.50. The summed E-state index contributed by atoms with van der Waals surface area (Å²) in [5, 5.41) is 3.45. The molecule has 2 unspecified atom stereocenters. The van der Waals surface area contributed by atoms with Crippen molar-refractivity contribution in [3.05, 3.63) is 0 Å². The van der Waals surface area contributed by atoms with E-state index in [9.17, 15) is 0 Å². The molecular formula is C9H20ClN. The molecule has 0 aromatic rings. The first-order valence-electron chi connectivity index (χ1n) is 4.37. The zero-order valence-electron chi connectivity index (χ0n) is 8.02. The molecule has 0 saturated carbocycles. The van der Waals surface area contributed by atoms with Crippen LogP contribution in [0.4, 0.5) is 0 Å². The molecule has 0 rings (SSSR count). The van der Waals surface area contributed by atoms with Crippen LogP contribution in [0.2, 0.25) is 0 Å². The van der Waals surface area contributed by atoms with Crippen molar-refractivity contribution in [3.8, 4) is 0 Å². The predicted molar refractivity (Wildman–Crippen MR) is 52.2 cm³/mol. The molecule has 68 valence electrons. The molecule has 11 heavy (non-hydrogen) atoms. The Hall–Kier alpha value is 0.250. The monoisotopic (exact) mass is 177 g/mol. The Morgan fingerprint density at radius 3 is 2.09 bits per heavy atom. The third-order valence-corrected chi connectivity index (χ3v) is 2.43. The summed E-state index contributed by atoms with van der Waals surface area (Å²) in [6.45, 7) is 9.87. The summed E-state index contributed by atoms with van der Waals surface area (Å²) >= 11 is 5.72. The largest absolute Gasteiger partial charge is 0.314 e. The zero-order chi connectivity index (χ0) is 8.85. The van der Waals surface area contributed by atoms with Crippen molar-refractivity contribution in [1.82, 2.24) is 5.32 Å². The van der Waals surface area contributed by atoms with E-state index in [1.165, 1.54) is 0 Å². The summed E-state index contributed by atoms with van der Waals surface area (Å²) in [5.74, 6) is 2.03. The van der Waals surface area contributed by atoms with Crippen LogP contribution >= 0.6 is 11.6 Å². The molecule has 0 aliphatic heterocycles. The molecule has 1 N–H and O–H groups in total. The van der Waals surface area contributed by atoms with Gasteiger partial charge >= 0.3 is 0 Å². The van der Waals surface area contributed by atoms with E-state index in [4.69, 9.17) is 11.6 Å². The van der Waals surface area contributed by atoms with Crippen molar-refractivity contribution < 1.29 is 0 Å². The van der Waals surface area contributed by atoms with Gasteiger partial charge in [0.05, 0.1) is 0 Å². The van der Waals surface area contributed by atoms with Gasteiger partial charge < -0.3 is 5.32 Å². The second-order valence-corrected chi connectivity index (χ2v) is 4.03. The Balaban J connectivity index is 3.43. The lowest BCUT2D eigenvalue weighted by Crippen LogP contribution is -2.35. The maximum atomic E-state index is 5.72. The molecule has 0 bridgehead atoms. The Morgan fingerprint density at radius 1 is 1.18 bits per heavy atom. The molecule has 0 spiro atoms.